The van der Waals surface area contributed by atoms with Crippen molar-refractivity contribution in [2.45, 2.75) is 20.3 Å². The molecule has 0 bridgehead atoms. The lowest BCUT2D eigenvalue weighted by Gasteiger charge is -2.13. The summed E-state index contributed by atoms with van der Waals surface area (Å²) in [5.74, 6) is 0.486. The molecule has 1 atom stereocenters. The van der Waals surface area contributed by atoms with Gasteiger partial charge in [-0.05, 0) is 19.9 Å². The number of nitrogens with one attached hydrogen (secondary N) is 1. The number of aryl methyl sites for hydroxylation is 1. The molecule has 1 amide bonds. The second-order valence-electron chi connectivity index (χ2n) is 3.63. The molecule has 0 aliphatic rings. The molecule has 1 heterocycles. The van der Waals surface area contributed by atoms with Crippen LogP contribution in [0.3, 0.4) is 0 Å². The highest BCUT2D eigenvalue weighted by Crippen LogP contribution is 2.05. The van der Waals surface area contributed by atoms with E-state index in [1.807, 2.05) is 19.9 Å². The van der Waals surface area contributed by atoms with Gasteiger partial charge in [-0.3, -0.25) is 4.79 Å². The van der Waals surface area contributed by atoms with Crippen molar-refractivity contribution in [2.24, 2.45) is 11.7 Å². The first-order valence-electron chi connectivity index (χ1n) is 5.43. The van der Waals surface area contributed by atoms with Crippen LogP contribution in [0.1, 0.15) is 18.4 Å². The molecule has 3 N–H and O–H groups in total. The summed E-state index contributed by atoms with van der Waals surface area (Å²) >= 11 is 0. The number of nitrogens with zero attached hydrogens (tertiary/aromatic N) is 2. The summed E-state index contributed by atoms with van der Waals surface area (Å²) in [4.78, 5) is 19.9. The Morgan fingerprint density at radius 3 is 2.94 bits per heavy atom. The Labute approximate surface area is 95.5 Å². The van der Waals surface area contributed by atoms with Crippen LogP contribution in [-0.4, -0.2) is 29.0 Å². The molecule has 1 unspecified atom stereocenters. The fourth-order valence-corrected chi connectivity index (χ4v) is 1.47. The normalized spacial score (nSPS) is 12.2. The van der Waals surface area contributed by atoms with E-state index in [1.165, 1.54) is 0 Å². The molecule has 0 aliphatic heterocycles. The molecule has 0 aromatic carbocycles. The minimum absolute atomic E-state index is 0.0127. The van der Waals surface area contributed by atoms with Crippen LogP contribution < -0.4 is 11.1 Å². The summed E-state index contributed by atoms with van der Waals surface area (Å²) in [6.07, 6.45) is 2.26. The lowest BCUT2D eigenvalue weighted by molar-refractivity contribution is -0.124. The largest absolute Gasteiger partial charge is 0.356 e. The number of hydrogen-bond donors (Lipinski definition) is 2. The molecule has 1 aromatic rings. The van der Waals surface area contributed by atoms with Crippen molar-refractivity contribution < 1.29 is 4.79 Å². The molecule has 0 fully saturated rings. The number of carbonyl (C=O) groups excluding carboxylic acids is 1. The van der Waals surface area contributed by atoms with Crippen LogP contribution in [0.25, 0.3) is 0 Å². The van der Waals surface area contributed by atoms with Crippen LogP contribution in [-0.2, 0) is 11.2 Å². The van der Waals surface area contributed by atoms with E-state index in [4.69, 9.17) is 5.73 Å². The zero-order valence-electron chi connectivity index (χ0n) is 9.73. The predicted octanol–water partition coefficient (Wildman–Crippen LogP) is 0.0385. The van der Waals surface area contributed by atoms with E-state index < -0.39 is 0 Å². The molecule has 16 heavy (non-hydrogen) atoms. The Balaban J connectivity index is 2.66. The van der Waals surface area contributed by atoms with Gasteiger partial charge in [-0.25, -0.2) is 9.97 Å². The summed E-state index contributed by atoms with van der Waals surface area (Å²) in [6.45, 7) is 4.67. The van der Waals surface area contributed by atoms with Crippen molar-refractivity contribution >= 4 is 5.91 Å². The molecule has 0 spiro atoms. The molecule has 1 rings (SSSR count). The van der Waals surface area contributed by atoms with Gasteiger partial charge < -0.3 is 11.1 Å². The van der Waals surface area contributed by atoms with E-state index in [-0.39, 0.29) is 11.8 Å². The first kappa shape index (κ1) is 12.6. The molecular weight excluding hydrogens is 204 g/mol. The van der Waals surface area contributed by atoms with Gasteiger partial charge >= 0.3 is 0 Å². The number of hydrogen-bond acceptors (Lipinski definition) is 4. The highest BCUT2D eigenvalue weighted by molar-refractivity contribution is 5.79. The average molecular weight is 222 g/mol. The Kier molecular flexibility index (Phi) is 4.85. The maximum Gasteiger partial charge on any atom is 0.224 e. The van der Waals surface area contributed by atoms with Crippen molar-refractivity contribution in [1.82, 2.24) is 15.3 Å². The molecule has 0 radical (unpaired) electrons. The topological polar surface area (TPSA) is 80.9 Å². The Bertz CT molecular complexity index is 354. The summed E-state index contributed by atoms with van der Waals surface area (Å²) in [7, 11) is 0. The van der Waals surface area contributed by atoms with Crippen molar-refractivity contribution in [1.29, 1.82) is 0 Å². The van der Waals surface area contributed by atoms with Crippen molar-refractivity contribution in [3.8, 4) is 0 Å². The molecular formula is C11H18N4O. The molecule has 0 saturated carbocycles. The molecule has 5 heteroatoms. The van der Waals surface area contributed by atoms with E-state index in [9.17, 15) is 4.79 Å². The number of carbonyl (C=O) groups is 1. The lowest BCUT2D eigenvalue weighted by atomic mass is 10.0. The van der Waals surface area contributed by atoms with Crippen LogP contribution in [0.4, 0.5) is 0 Å². The van der Waals surface area contributed by atoms with Crippen LogP contribution in [0.15, 0.2) is 12.3 Å². The average Bonchev–Trinajstić information content (AvgIpc) is 2.26. The van der Waals surface area contributed by atoms with E-state index in [0.717, 1.165) is 5.69 Å². The second kappa shape index (κ2) is 6.17. The molecule has 0 saturated heterocycles. The monoisotopic (exact) mass is 222 g/mol. The van der Waals surface area contributed by atoms with E-state index in [0.29, 0.717) is 25.3 Å². The summed E-state index contributed by atoms with van der Waals surface area (Å²) < 4.78 is 0. The van der Waals surface area contributed by atoms with Crippen LogP contribution in [0.5, 0.6) is 0 Å². The smallest absolute Gasteiger partial charge is 0.224 e. The predicted molar refractivity (Wildman–Crippen MR) is 61.7 cm³/mol. The SMILES string of the molecule is CCNC(=O)C(CN)Cc1ccnc(C)n1. The van der Waals surface area contributed by atoms with Crippen molar-refractivity contribution in [2.75, 3.05) is 13.1 Å². The Hall–Kier alpha value is -1.49. The minimum Gasteiger partial charge on any atom is -0.356 e. The Morgan fingerprint density at radius 1 is 1.62 bits per heavy atom. The van der Waals surface area contributed by atoms with Gasteiger partial charge in [0.25, 0.3) is 0 Å². The summed E-state index contributed by atoms with van der Waals surface area (Å²) in [5, 5.41) is 2.77. The van der Waals surface area contributed by atoms with E-state index >= 15 is 0 Å². The number of amides is 1. The van der Waals surface area contributed by atoms with E-state index in [2.05, 4.69) is 15.3 Å². The number of aromatic nitrogens is 2. The second-order valence-corrected chi connectivity index (χ2v) is 3.63. The first-order chi connectivity index (χ1) is 7.67. The zero-order chi connectivity index (χ0) is 12.0. The van der Waals surface area contributed by atoms with Crippen molar-refractivity contribution in [3.05, 3.63) is 23.8 Å². The van der Waals surface area contributed by atoms with Crippen LogP contribution in [0, 0.1) is 12.8 Å². The number of rotatable bonds is 5. The third kappa shape index (κ3) is 3.58. The Morgan fingerprint density at radius 2 is 2.38 bits per heavy atom. The fourth-order valence-electron chi connectivity index (χ4n) is 1.47. The lowest BCUT2D eigenvalue weighted by Crippen LogP contribution is -2.36. The molecule has 0 aliphatic carbocycles. The highest BCUT2D eigenvalue weighted by atomic mass is 16.1. The summed E-state index contributed by atoms with van der Waals surface area (Å²) in [5.41, 5.74) is 6.44. The third-order valence-corrected chi connectivity index (χ3v) is 2.30. The third-order valence-electron chi connectivity index (χ3n) is 2.30. The fraction of sp³-hybridized carbons (Fsp3) is 0.545. The van der Waals surface area contributed by atoms with E-state index in [1.54, 1.807) is 6.20 Å². The zero-order valence-corrected chi connectivity index (χ0v) is 9.73. The highest BCUT2D eigenvalue weighted by Gasteiger charge is 2.17. The quantitative estimate of drug-likeness (QED) is 0.737. The van der Waals surface area contributed by atoms with Crippen LogP contribution in [0.2, 0.25) is 0 Å². The van der Waals surface area contributed by atoms with Gasteiger partial charge in [0.1, 0.15) is 5.82 Å². The standard InChI is InChI=1S/C11H18N4O/c1-3-13-11(16)9(7-12)6-10-4-5-14-8(2)15-10/h4-5,9H,3,6-7,12H2,1-2H3,(H,13,16). The molecule has 88 valence electrons. The number of nitrogens with two attached hydrogens (primary N) is 1. The molecule has 1 aromatic heterocycles. The van der Waals surface area contributed by atoms with Gasteiger partial charge in [0.05, 0.1) is 5.92 Å². The van der Waals surface area contributed by atoms with Crippen LogP contribution >= 0.6 is 0 Å². The minimum atomic E-state index is -0.214. The van der Waals surface area contributed by atoms with Crippen molar-refractivity contribution in [3.63, 3.8) is 0 Å². The first-order valence-corrected chi connectivity index (χ1v) is 5.43. The van der Waals surface area contributed by atoms with Gasteiger partial charge in [-0.1, -0.05) is 0 Å². The summed E-state index contributed by atoms with van der Waals surface area (Å²) in [6, 6.07) is 1.81. The van der Waals surface area contributed by atoms with Gasteiger partial charge in [-0.15, -0.1) is 0 Å². The maximum absolute atomic E-state index is 11.6. The van der Waals surface area contributed by atoms with Gasteiger partial charge in [0, 0.05) is 31.4 Å². The molecule has 5 nitrogen and oxygen atoms in total. The van der Waals surface area contributed by atoms with Gasteiger partial charge in [0.15, 0.2) is 0 Å². The maximum atomic E-state index is 11.6. The van der Waals surface area contributed by atoms with Gasteiger partial charge in [0.2, 0.25) is 5.91 Å². The van der Waals surface area contributed by atoms with Gasteiger partial charge in [-0.2, -0.15) is 0 Å².